The quantitative estimate of drug-likeness (QED) is 0.412. The minimum absolute atomic E-state index is 0.257. The molecule has 0 aliphatic carbocycles. The summed E-state index contributed by atoms with van der Waals surface area (Å²) in [5.41, 5.74) is 1.73. The van der Waals surface area contributed by atoms with E-state index < -0.39 is 13.4 Å². The van der Waals surface area contributed by atoms with E-state index in [1.165, 1.54) is 0 Å². The Kier molecular flexibility index (Phi) is 7.89. The fourth-order valence-electron chi connectivity index (χ4n) is 3.44. The SMILES string of the molecule is CCOP(=O)(Oc1cc(C(C)(C)C)c(O)c(C(C)(C)C)c1)C(CC)Nc1ccccc1. The van der Waals surface area contributed by atoms with Crippen molar-refractivity contribution in [2.24, 2.45) is 0 Å². The lowest BCUT2D eigenvalue weighted by atomic mass is 9.79. The molecule has 0 aliphatic heterocycles. The average Bonchev–Trinajstić information content (AvgIpc) is 2.66. The van der Waals surface area contributed by atoms with E-state index >= 15 is 0 Å². The van der Waals surface area contributed by atoms with E-state index in [1.807, 2.05) is 85.7 Å². The van der Waals surface area contributed by atoms with E-state index in [0.29, 0.717) is 12.2 Å². The molecule has 172 valence electrons. The molecule has 2 aromatic rings. The molecule has 0 amide bonds. The Balaban J connectivity index is 2.53. The Hall–Kier alpha value is -1.97. The summed E-state index contributed by atoms with van der Waals surface area (Å²) in [6, 6.07) is 13.2. The van der Waals surface area contributed by atoms with E-state index in [9.17, 15) is 9.67 Å². The summed E-state index contributed by atoms with van der Waals surface area (Å²) < 4.78 is 25.9. The Morgan fingerprint density at radius 2 is 1.48 bits per heavy atom. The zero-order valence-corrected chi connectivity index (χ0v) is 21.0. The van der Waals surface area contributed by atoms with Crippen molar-refractivity contribution >= 4 is 13.3 Å². The van der Waals surface area contributed by atoms with Crippen molar-refractivity contribution < 1.29 is 18.7 Å². The van der Waals surface area contributed by atoms with E-state index in [0.717, 1.165) is 16.8 Å². The van der Waals surface area contributed by atoms with Gasteiger partial charge in [0, 0.05) is 16.8 Å². The Morgan fingerprint density at radius 1 is 0.968 bits per heavy atom. The number of para-hydroxylation sites is 1. The highest BCUT2D eigenvalue weighted by Gasteiger charge is 2.37. The second-order valence-electron chi connectivity index (χ2n) is 9.85. The fourth-order valence-corrected chi connectivity index (χ4v) is 5.32. The van der Waals surface area contributed by atoms with E-state index in [-0.39, 0.29) is 23.2 Å². The summed E-state index contributed by atoms with van der Waals surface area (Å²) in [6.07, 6.45) is 0.558. The minimum Gasteiger partial charge on any atom is -0.507 e. The van der Waals surface area contributed by atoms with Crippen molar-refractivity contribution in [2.75, 3.05) is 11.9 Å². The lowest BCUT2D eigenvalue weighted by Gasteiger charge is -2.31. The monoisotopic (exact) mass is 447 g/mol. The lowest BCUT2D eigenvalue weighted by Crippen LogP contribution is -2.23. The number of phenolic OH excluding ortho intramolecular Hbond substituents is 1. The summed E-state index contributed by atoms with van der Waals surface area (Å²) >= 11 is 0. The molecule has 0 bridgehead atoms. The normalized spacial score (nSPS) is 15.2. The first kappa shape index (κ1) is 25.3. The molecule has 2 unspecified atom stereocenters. The van der Waals surface area contributed by atoms with Gasteiger partial charge in [-0.1, -0.05) is 66.7 Å². The first-order valence-corrected chi connectivity index (χ1v) is 12.6. The summed E-state index contributed by atoms with van der Waals surface area (Å²) in [7, 11) is -3.57. The van der Waals surface area contributed by atoms with E-state index in [1.54, 1.807) is 12.1 Å². The van der Waals surface area contributed by atoms with Crippen molar-refractivity contribution in [1.82, 2.24) is 0 Å². The molecule has 2 rings (SSSR count). The van der Waals surface area contributed by atoms with Gasteiger partial charge < -0.3 is 14.9 Å². The number of anilines is 1. The van der Waals surface area contributed by atoms with Gasteiger partial charge in [-0.3, -0.25) is 4.52 Å². The third-order valence-corrected chi connectivity index (χ3v) is 7.46. The maximum absolute atomic E-state index is 14.0. The average molecular weight is 448 g/mol. The second-order valence-corrected chi connectivity index (χ2v) is 12.0. The molecular formula is C25H38NO4P. The zero-order valence-electron chi connectivity index (χ0n) is 20.2. The number of hydrogen-bond donors (Lipinski definition) is 2. The van der Waals surface area contributed by atoms with Gasteiger partial charge in [0.25, 0.3) is 0 Å². The standard InChI is InChI=1S/C25H38NO4P/c1-9-22(26-18-14-12-11-13-15-18)31(28,29-10-2)30-19-16-20(24(3,4)5)23(27)21(17-19)25(6,7)8/h11-17,22,26-27H,9-10H2,1-8H3. The first-order valence-electron chi connectivity index (χ1n) is 10.9. The Labute approximate surface area is 187 Å². The molecule has 0 saturated carbocycles. The van der Waals surface area contributed by atoms with Crippen molar-refractivity contribution in [3.05, 3.63) is 53.6 Å². The van der Waals surface area contributed by atoms with Crippen LogP contribution in [0.15, 0.2) is 42.5 Å². The molecule has 6 heteroatoms. The van der Waals surface area contributed by atoms with Gasteiger partial charge in [-0.2, -0.15) is 0 Å². The van der Waals surface area contributed by atoms with Crippen LogP contribution in [0, 0.1) is 0 Å². The van der Waals surface area contributed by atoms with Crippen molar-refractivity contribution in [1.29, 1.82) is 0 Å². The van der Waals surface area contributed by atoms with Gasteiger partial charge in [0.05, 0.1) is 6.61 Å². The number of phenols is 1. The molecule has 2 N–H and O–H groups in total. The number of hydrogen-bond acceptors (Lipinski definition) is 5. The van der Waals surface area contributed by atoms with Crippen LogP contribution in [0.5, 0.6) is 11.5 Å². The Bertz CT molecular complexity index is 878. The molecule has 0 fully saturated rings. The van der Waals surface area contributed by atoms with Gasteiger partial charge in [-0.25, -0.2) is 4.57 Å². The summed E-state index contributed by atoms with van der Waals surface area (Å²) in [4.78, 5) is 0. The van der Waals surface area contributed by atoms with E-state index in [4.69, 9.17) is 9.05 Å². The Morgan fingerprint density at radius 3 is 1.90 bits per heavy atom. The van der Waals surface area contributed by atoms with Gasteiger partial charge in [-0.05, 0) is 48.4 Å². The second kappa shape index (κ2) is 9.67. The van der Waals surface area contributed by atoms with E-state index in [2.05, 4.69) is 5.32 Å². The van der Waals surface area contributed by atoms with Gasteiger partial charge in [0.2, 0.25) is 0 Å². The van der Waals surface area contributed by atoms with Gasteiger partial charge in [-0.15, -0.1) is 0 Å². The predicted octanol–water partition coefficient (Wildman–Crippen LogP) is 7.44. The zero-order chi connectivity index (χ0) is 23.4. The molecule has 0 heterocycles. The topological polar surface area (TPSA) is 67.8 Å². The highest BCUT2D eigenvalue weighted by molar-refractivity contribution is 7.55. The van der Waals surface area contributed by atoms with Crippen molar-refractivity contribution in [2.45, 2.75) is 78.4 Å². The first-order chi connectivity index (χ1) is 14.3. The molecular weight excluding hydrogens is 409 g/mol. The van der Waals surface area contributed by atoms with Crippen LogP contribution >= 0.6 is 7.60 Å². The molecule has 0 aliphatic rings. The number of benzene rings is 2. The third-order valence-electron chi connectivity index (χ3n) is 5.12. The lowest BCUT2D eigenvalue weighted by molar-refractivity contribution is 0.271. The predicted molar refractivity (Wildman–Crippen MR) is 130 cm³/mol. The molecule has 2 aromatic carbocycles. The molecule has 0 spiro atoms. The fraction of sp³-hybridized carbons (Fsp3) is 0.520. The van der Waals surface area contributed by atoms with Crippen LogP contribution in [0.3, 0.4) is 0 Å². The smallest absolute Gasteiger partial charge is 0.401 e. The van der Waals surface area contributed by atoms with Gasteiger partial charge in [0.15, 0.2) is 0 Å². The number of nitrogens with one attached hydrogen (secondary N) is 1. The molecule has 5 nitrogen and oxygen atoms in total. The maximum atomic E-state index is 14.0. The summed E-state index contributed by atoms with van der Waals surface area (Å²) in [5.74, 6) is 0.186. The van der Waals surface area contributed by atoms with Crippen LogP contribution in [0.2, 0.25) is 0 Å². The van der Waals surface area contributed by atoms with Crippen molar-refractivity contribution in [3.8, 4) is 11.5 Å². The van der Waals surface area contributed by atoms with Crippen LogP contribution in [0.25, 0.3) is 0 Å². The van der Waals surface area contributed by atoms with Gasteiger partial charge in [0.1, 0.15) is 17.3 Å². The maximum Gasteiger partial charge on any atom is 0.401 e. The highest BCUT2D eigenvalue weighted by atomic mass is 31.2. The summed E-state index contributed by atoms with van der Waals surface area (Å²) in [5, 5.41) is 14.3. The molecule has 2 atom stereocenters. The largest absolute Gasteiger partial charge is 0.507 e. The number of aromatic hydroxyl groups is 1. The number of rotatable bonds is 8. The van der Waals surface area contributed by atoms with Crippen LogP contribution in [0.1, 0.15) is 72.9 Å². The molecule has 0 saturated heterocycles. The molecule has 0 aromatic heterocycles. The third kappa shape index (κ3) is 6.27. The minimum atomic E-state index is -3.57. The van der Waals surface area contributed by atoms with Crippen LogP contribution in [-0.4, -0.2) is 17.5 Å². The highest BCUT2D eigenvalue weighted by Crippen LogP contribution is 2.55. The summed E-state index contributed by atoms with van der Waals surface area (Å²) in [6.45, 7) is 16.2. The van der Waals surface area contributed by atoms with Crippen molar-refractivity contribution in [3.63, 3.8) is 0 Å². The van der Waals surface area contributed by atoms with Crippen LogP contribution < -0.4 is 9.84 Å². The molecule has 0 radical (unpaired) electrons. The molecule has 31 heavy (non-hydrogen) atoms. The van der Waals surface area contributed by atoms with Crippen LogP contribution in [-0.2, 0) is 19.9 Å². The van der Waals surface area contributed by atoms with Gasteiger partial charge >= 0.3 is 7.60 Å². The van der Waals surface area contributed by atoms with Crippen LogP contribution in [0.4, 0.5) is 5.69 Å².